The summed E-state index contributed by atoms with van der Waals surface area (Å²) in [6.07, 6.45) is 7.66. The molecule has 1 atom stereocenters. The lowest BCUT2D eigenvalue weighted by atomic mass is 9.86. The van der Waals surface area contributed by atoms with Gasteiger partial charge in [-0.3, -0.25) is 9.59 Å². The number of carboxylic acids is 1. The molecule has 9 heteroatoms. The van der Waals surface area contributed by atoms with Crippen molar-refractivity contribution in [3.8, 4) is 5.75 Å². The van der Waals surface area contributed by atoms with Crippen molar-refractivity contribution in [2.75, 3.05) is 18.6 Å². The molecule has 35 heavy (non-hydrogen) atoms. The fourth-order valence-electron chi connectivity index (χ4n) is 5.44. The van der Waals surface area contributed by atoms with Crippen LogP contribution in [0.25, 0.3) is 5.52 Å². The van der Waals surface area contributed by atoms with Gasteiger partial charge in [0.05, 0.1) is 36.3 Å². The highest BCUT2D eigenvalue weighted by molar-refractivity contribution is 6.01. The minimum atomic E-state index is -0.763. The minimum Gasteiger partial charge on any atom is -0.496 e. The molecule has 1 aliphatic carbocycles. The topological polar surface area (TPSA) is 96.2 Å². The van der Waals surface area contributed by atoms with Crippen molar-refractivity contribution >= 4 is 23.1 Å². The van der Waals surface area contributed by atoms with Crippen LogP contribution in [-0.2, 0) is 4.79 Å². The Morgan fingerprint density at radius 3 is 2.69 bits per heavy atom. The number of nitrogens with one attached hydrogen (secondary N) is 1. The third-order valence-corrected chi connectivity index (χ3v) is 7.30. The zero-order valence-electron chi connectivity index (χ0n) is 19.6. The van der Waals surface area contributed by atoms with Crippen LogP contribution in [0, 0.1) is 11.7 Å². The van der Waals surface area contributed by atoms with Crippen LogP contribution in [0.1, 0.15) is 60.5 Å². The second-order valence-electron chi connectivity index (χ2n) is 9.37. The first-order chi connectivity index (χ1) is 16.9. The predicted octanol–water partition coefficient (Wildman–Crippen LogP) is 4.20. The summed E-state index contributed by atoms with van der Waals surface area (Å²) in [6.45, 7) is 0.809. The van der Waals surface area contributed by atoms with Gasteiger partial charge in [-0.1, -0.05) is 0 Å². The van der Waals surface area contributed by atoms with Gasteiger partial charge in [-0.25, -0.2) is 8.91 Å². The molecule has 5 rings (SSSR count). The molecule has 1 aliphatic heterocycles. The van der Waals surface area contributed by atoms with Gasteiger partial charge < -0.3 is 20.1 Å². The van der Waals surface area contributed by atoms with Crippen LogP contribution in [0.15, 0.2) is 42.7 Å². The third kappa shape index (κ3) is 4.54. The summed E-state index contributed by atoms with van der Waals surface area (Å²) < 4.78 is 21.2. The molecule has 2 fully saturated rings. The van der Waals surface area contributed by atoms with Crippen LogP contribution in [0.2, 0.25) is 0 Å². The number of halogens is 1. The van der Waals surface area contributed by atoms with Gasteiger partial charge in [0, 0.05) is 30.0 Å². The molecular formula is C26H29FN4O4. The summed E-state index contributed by atoms with van der Waals surface area (Å²) in [4.78, 5) is 26.5. The zero-order valence-corrected chi connectivity index (χ0v) is 19.6. The first-order valence-corrected chi connectivity index (χ1v) is 12.1. The molecule has 1 amide bonds. The number of carbonyl (C=O) groups excluding carboxylic acids is 1. The maximum absolute atomic E-state index is 14.1. The smallest absolute Gasteiger partial charge is 0.306 e. The lowest BCUT2D eigenvalue weighted by Crippen LogP contribution is -2.38. The van der Waals surface area contributed by atoms with E-state index < -0.39 is 5.97 Å². The largest absolute Gasteiger partial charge is 0.496 e. The van der Waals surface area contributed by atoms with Crippen LogP contribution < -0.4 is 15.0 Å². The van der Waals surface area contributed by atoms with E-state index in [2.05, 4.69) is 15.3 Å². The molecule has 0 radical (unpaired) electrons. The van der Waals surface area contributed by atoms with Crippen LogP contribution in [0.3, 0.4) is 0 Å². The number of rotatable bonds is 6. The second-order valence-corrected chi connectivity index (χ2v) is 9.37. The number of methoxy groups -OCH3 is 1. The van der Waals surface area contributed by atoms with E-state index in [1.807, 2.05) is 18.3 Å². The molecule has 1 saturated heterocycles. The van der Waals surface area contributed by atoms with E-state index in [0.29, 0.717) is 42.5 Å². The van der Waals surface area contributed by atoms with E-state index in [1.165, 1.54) is 12.1 Å². The molecule has 1 aromatic carbocycles. The molecule has 3 heterocycles. The monoisotopic (exact) mass is 480 g/mol. The Morgan fingerprint density at radius 1 is 1.14 bits per heavy atom. The number of ether oxygens (including phenoxy) is 1. The van der Waals surface area contributed by atoms with Gasteiger partial charge in [0.15, 0.2) is 0 Å². The Kier molecular flexibility index (Phi) is 6.32. The normalized spacial score (nSPS) is 22.3. The summed E-state index contributed by atoms with van der Waals surface area (Å²) in [5, 5.41) is 16.6. The fourth-order valence-corrected chi connectivity index (χ4v) is 5.44. The quantitative estimate of drug-likeness (QED) is 0.549. The van der Waals surface area contributed by atoms with Crippen molar-refractivity contribution in [1.82, 2.24) is 14.9 Å². The van der Waals surface area contributed by atoms with Gasteiger partial charge in [-0.2, -0.15) is 5.10 Å². The summed E-state index contributed by atoms with van der Waals surface area (Å²) in [6, 6.07) is 8.43. The molecule has 1 saturated carbocycles. The number of hydrogen-bond donors (Lipinski definition) is 2. The van der Waals surface area contributed by atoms with Crippen LogP contribution >= 0.6 is 0 Å². The van der Waals surface area contributed by atoms with Gasteiger partial charge in [-0.05, 0) is 68.9 Å². The Balaban J connectivity index is 1.38. The Hall–Kier alpha value is -3.62. The molecule has 8 nitrogen and oxygen atoms in total. The SMILES string of the molecule is COc1ccc(F)cc1C1CCCN1c1ccn2ncc(C(=O)NC3CCC(C(=O)O)CC3)c2c1. The summed E-state index contributed by atoms with van der Waals surface area (Å²) >= 11 is 0. The number of benzene rings is 1. The van der Waals surface area contributed by atoms with Gasteiger partial charge in [0.1, 0.15) is 11.6 Å². The molecule has 3 aromatic rings. The van der Waals surface area contributed by atoms with Crippen molar-refractivity contribution in [3.05, 3.63) is 59.7 Å². The average molecular weight is 481 g/mol. The molecule has 2 aromatic heterocycles. The molecule has 0 spiro atoms. The molecule has 2 aliphatic rings. The number of pyridine rings is 1. The van der Waals surface area contributed by atoms with E-state index in [4.69, 9.17) is 4.74 Å². The Morgan fingerprint density at radius 2 is 1.94 bits per heavy atom. The zero-order chi connectivity index (χ0) is 24.5. The Labute approximate surface area is 202 Å². The second kappa shape index (κ2) is 9.56. The average Bonchev–Trinajstić information content (AvgIpc) is 3.51. The number of aromatic nitrogens is 2. The van der Waals surface area contributed by atoms with Gasteiger partial charge >= 0.3 is 5.97 Å². The summed E-state index contributed by atoms with van der Waals surface area (Å²) in [7, 11) is 1.59. The van der Waals surface area contributed by atoms with Crippen molar-refractivity contribution in [3.63, 3.8) is 0 Å². The highest BCUT2D eigenvalue weighted by Crippen LogP contribution is 2.40. The van der Waals surface area contributed by atoms with Crippen LogP contribution in [-0.4, -0.2) is 46.3 Å². The van der Waals surface area contributed by atoms with E-state index in [1.54, 1.807) is 23.9 Å². The summed E-state index contributed by atoms with van der Waals surface area (Å²) in [5.74, 6) is -0.934. The number of aliphatic carboxylic acids is 1. The Bertz CT molecular complexity index is 1250. The molecule has 0 bridgehead atoms. The van der Waals surface area contributed by atoms with Crippen molar-refractivity contribution in [2.45, 2.75) is 50.6 Å². The standard InChI is InChI=1S/C26H29FN4O4/c1-35-24-9-6-17(27)13-20(24)22-3-2-11-30(22)19-10-12-31-23(14-19)21(15-28-31)25(32)29-18-7-4-16(5-8-18)26(33)34/h6,9-10,12-16,18,22H,2-5,7-8,11H2,1H3,(H,29,32)(H,33,34). The maximum atomic E-state index is 14.1. The first kappa shape index (κ1) is 23.1. The number of carbonyl (C=O) groups is 2. The summed E-state index contributed by atoms with van der Waals surface area (Å²) in [5.41, 5.74) is 2.92. The number of anilines is 1. The lowest BCUT2D eigenvalue weighted by molar-refractivity contribution is -0.142. The van der Waals surface area contributed by atoms with Gasteiger partial charge in [0.25, 0.3) is 5.91 Å². The number of hydrogen-bond acceptors (Lipinski definition) is 5. The highest BCUT2D eigenvalue weighted by atomic mass is 19.1. The highest BCUT2D eigenvalue weighted by Gasteiger charge is 2.30. The van der Waals surface area contributed by atoms with Crippen molar-refractivity contribution in [2.24, 2.45) is 5.92 Å². The van der Waals surface area contributed by atoms with Gasteiger partial charge in [-0.15, -0.1) is 0 Å². The van der Waals surface area contributed by atoms with E-state index in [-0.39, 0.29) is 29.7 Å². The molecule has 2 N–H and O–H groups in total. The van der Waals surface area contributed by atoms with Crippen molar-refractivity contribution in [1.29, 1.82) is 0 Å². The molecule has 1 unspecified atom stereocenters. The first-order valence-electron chi connectivity index (χ1n) is 12.1. The fraction of sp³-hybridized carbons (Fsp3) is 0.423. The molecule has 184 valence electrons. The van der Waals surface area contributed by atoms with Gasteiger partial charge in [0.2, 0.25) is 0 Å². The minimum absolute atomic E-state index is 0.0345. The maximum Gasteiger partial charge on any atom is 0.306 e. The van der Waals surface area contributed by atoms with E-state index >= 15 is 0 Å². The van der Waals surface area contributed by atoms with Crippen LogP contribution in [0.4, 0.5) is 10.1 Å². The molecular weight excluding hydrogens is 451 g/mol. The lowest BCUT2D eigenvalue weighted by Gasteiger charge is -2.28. The van der Waals surface area contributed by atoms with E-state index in [9.17, 15) is 19.1 Å². The predicted molar refractivity (Wildman–Crippen MR) is 128 cm³/mol. The number of fused-ring (bicyclic) bond motifs is 1. The van der Waals surface area contributed by atoms with E-state index in [0.717, 1.165) is 30.6 Å². The third-order valence-electron chi connectivity index (χ3n) is 7.30. The number of nitrogens with zero attached hydrogens (tertiary/aromatic N) is 3. The number of carboxylic acid groups (broad SMARTS) is 1. The van der Waals surface area contributed by atoms with Crippen LogP contribution in [0.5, 0.6) is 5.75 Å². The number of amides is 1. The van der Waals surface area contributed by atoms with Crippen molar-refractivity contribution < 1.29 is 23.8 Å².